The van der Waals surface area contributed by atoms with Gasteiger partial charge in [-0.25, -0.2) is 0 Å². The summed E-state index contributed by atoms with van der Waals surface area (Å²) >= 11 is 1.33. The number of hydrogen-bond acceptors (Lipinski definition) is 5. The number of benzene rings is 2. The van der Waals surface area contributed by atoms with E-state index in [0.717, 1.165) is 40.2 Å². The first-order valence-corrected chi connectivity index (χ1v) is 10.5. The standard InChI is InChI=1S/C22H24N2O4S/c1-3-14-8-7-9-15(4-2)21(14)24-19(25)13-28-20(26)12-18-22(27)23-16-10-5-6-11-17(16)29-18/h5-11,18H,3-4,12-13H2,1-2H3,(H,23,27)(H,24,25)/t18-/m0/s1. The second-order valence-corrected chi connectivity index (χ2v) is 7.91. The molecule has 0 radical (unpaired) electrons. The van der Waals surface area contributed by atoms with E-state index in [4.69, 9.17) is 4.74 Å². The summed E-state index contributed by atoms with van der Waals surface area (Å²) in [6, 6.07) is 13.3. The number of rotatable bonds is 7. The predicted molar refractivity (Wildman–Crippen MR) is 114 cm³/mol. The third kappa shape index (κ3) is 5.17. The second-order valence-electron chi connectivity index (χ2n) is 6.66. The zero-order valence-corrected chi connectivity index (χ0v) is 17.3. The van der Waals surface area contributed by atoms with E-state index in [0.29, 0.717) is 0 Å². The molecule has 2 aromatic rings. The summed E-state index contributed by atoms with van der Waals surface area (Å²) in [5.41, 5.74) is 3.61. The van der Waals surface area contributed by atoms with Crippen molar-refractivity contribution < 1.29 is 19.1 Å². The van der Waals surface area contributed by atoms with Gasteiger partial charge in [-0.2, -0.15) is 0 Å². The monoisotopic (exact) mass is 412 g/mol. The summed E-state index contributed by atoms with van der Waals surface area (Å²) in [5, 5.41) is 5.08. The Balaban J connectivity index is 1.54. The number of ether oxygens (including phenoxy) is 1. The molecule has 3 rings (SSSR count). The van der Waals surface area contributed by atoms with Crippen LogP contribution in [0.1, 0.15) is 31.4 Å². The molecule has 1 atom stereocenters. The van der Waals surface area contributed by atoms with Crippen molar-refractivity contribution in [2.24, 2.45) is 0 Å². The molecule has 0 aliphatic carbocycles. The highest BCUT2D eigenvalue weighted by Gasteiger charge is 2.29. The lowest BCUT2D eigenvalue weighted by molar-refractivity contribution is -0.147. The molecule has 29 heavy (non-hydrogen) atoms. The molecule has 1 aliphatic rings. The quantitative estimate of drug-likeness (QED) is 0.676. The fourth-order valence-electron chi connectivity index (χ4n) is 3.16. The Labute approximate surface area is 174 Å². The number of esters is 1. The Morgan fingerprint density at radius 2 is 1.76 bits per heavy atom. The molecule has 0 unspecified atom stereocenters. The number of anilines is 2. The molecule has 0 fully saturated rings. The van der Waals surface area contributed by atoms with Crippen LogP contribution in [0.4, 0.5) is 11.4 Å². The van der Waals surface area contributed by atoms with E-state index in [1.807, 2.05) is 56.3 Å². The average molecular weight is 413 g/mol. The van der Waals surface area contributed by atoms with Crippen molar-refractivity contribution in [1.82, 2.24) is 0 Å². The molecular weight excluding hydrogens is 388 g/mol. The molecule has 2 amide bonds. The van der Waals surface area contributed by atoms with Gasteiger partial charge in [-0.3, -0.25) is 14.4 Å². The van der Waals surface area contributed by atoms with Crippen molar-refractivity contribution >= 4 is 40.9 Å². The minimum Gasteiger partial charge on any atom is -0.456 e. The number of aryl methyl sites for hydroxylation is 2. The number of carbonyl (C=O) groups is 3. The molecule has 2 aromatic carbocycles. The topological polar surface area (TPSA) is 84.5 Å². The third-order valence-electron chi connectivity index (χ3n) is 4.69. The lowest BCUT2D eigenvalue weighted by atomic mass is 10.0. The Morgan fingerprint density at radius 3 is 2.45 bits per heavy atom. The maximum Gasteiger partial charge on any atom is 0.307 e. The molecular formula is C22H24N2O4S. The molecule has 0 spiro atoms. The molecule has 1 heterocycles. The SMILES string of the molecule is CCc1cccc(CC)c1NC(=O)COC(=O)C[C@@H]1Sc2ccccc2NC1=O. The van der Waals surface area contributed by atoms with Gasteiger partial charge in [0.25, 0.3) is 5.91 Å². The summed E-state index contributed by atoms with van der Waals surface area (Å²) in [7, 11) is 0. The van der Waals surface area contributed by atoms with Crippen LogP contribution in [0.25, 0.3) is 0 Å². The van der Waals surface area contributed by atoms with Gasteiger partial charge in [-0.15, -0.1) is 11.8 Å². The fourth-order valence-corrected chi connectivity index (χ4v) is 4.26. The maximum atomic E-state index is 12.3. The smallest absolute Gasteiger partial charge is 0.307 e. The number of amides is 2. The van der Waals surface area contributed by atoms with Crippen LogP contribution in [-0.4, -0.2) is 29.6 Å². The van der Waals surface area contributed by atoms with Gasteiger partial charge in [0.1, 0.15) is 0 Å². The normalized spacial score (nSPS) is 15.2. The van der Waals surface area contributed by atoms with Gasteiger partial charge >= 0.3 is 5.97 Å². The zero-order valence-electron chi connectivity index (χ0n) is 16.5. The van der Waals surface area contributed by atoms with Gasteiger partial charge in [-0.05, 0) is 36.1 Å². The van der Waals surface area contributed by atoms with E-state index in [1.165, 1.54) is 11.8 Å². The highest BCUT2D eigenvalue weighted by molar-refractivity contribution is 8.01. The fraction of sp³-hybridized carbons (Fsp3) is 0.318. The predicted octanol–water partition coefficient (Wildman–Crippen LogP) is 3.80. The number of nitrogens with one attached hydrogen (secondary N) is 2. The minimum absolute atomic E-state index is 0.0934. The van der Waals surface area contributed by atoms with E-state index in [-0.39, 0.29) is 24.8 Å². The third-order valence-corrected chi connectivity index (χ3v) is 5.96. The second kappa shape index (κ2) is 9.60. The summed E-state index contributed by atoms with van der Waals surface area (Å²) in [6.07, 6.45) is 1.49. The largest absolute Gasteiger partial charge is 0.456 e. The van der Waals surface area contributed by atoms with Gasteiger partial charge in [0.15, 0.2) is 6.61 Å². The van der Waals surface area contributed by atoms with Crippen LogP contribution in [0.15, 0.2) is 47.4 Å². The molecule has 1 aliphatic heterocycles. The van der Waals surface area contributed by atoms with Crippen LogP contribution in [0.3, 0.4) is 0 Å². The maximum absolute atomic E-state index is 12.3. The van der Waals surface area contributed by atoms with E-state index >= 15 is 0 Å². The van der Waals surface area contributed by atoms with Gasteiger partial charge < -0.3 is 15.4 Å². The lowest BCUT2D eigenvalue weighted by Gasteiger charge is -2.23. The number of para-hydroxylation sites is 2. The minimum atomic E-state index is -0.577. The van der Waals surface area contributed by atoms with Gasteiger partial charge in [0, 0.05) is 10.6 Å². The van der Waals surface area contributed by atoms with Crippen molar-refractivity contribution in [3.8, 4) is 0 Å². The van der Waals surface area contributed by atoms with Crippen molar-refractivity contribution in [3.63, 3.8) is 0 Å². The van der Waals surface area contributed by atoms with Crippen molar-refractivity contribution in [3.05, 3.63) is 53.6 Å². The van der Waals surface area contributed by atoms with Crippen molar-refractivity contribution in [2.75, 3.05) is 17.2 Å². The summed E-state index contributed by atoms with van der Waals surface area (Å²) < 4.78 is 5.12. The van der Waals surface area contributed by atoms with Gasteiger partial charge in [0.05, 0.1) is 17.4 Å². The first kappa shape index (κ1) is 20.9. The Hall–Kier alpha value is -2.80. The van der Waals surface area contributed by atoms with Crippen LogP contribution in [-0.2, 0) is 32.0 Å². The molecule has 7 heteroatoms. The number of carbonyl (C=O) groups excluding carboxylic acids is 3. The molecule has 0 saturated carbocycles. The summed E-state index contributed by atoms with van der Waals surface area (Å²) in [5.74, 6) is -1.20. The van der Waals surface area contributed by atoms with Crippen LogP contribution in [0, 0.1) is 0 Å². The van der Waals surface area contributed by atoms with Crippen LogP contribution >= 0.6 is 11.8 Å². The highest BCUT2D eigenvalue weighted by Crippen LogP contribution is 2.36. The van der Waals surface area contributed by atoms with Crippen LogP contribution in [0.2, 0.25) is 0 Å². The van der Waals surface area contributed by atoms with Crippen molar-refractivity contribution in [1.29, 1.82) is 0 Å². The van der Waals surface area contributed by atoms with E-state index in [9.17, 15) is 14.4 Å². The van der Waals surface area contributed by atoms with E-state index < -0.39 is 11.2 Å². The Kier molecular flexibility index (Phi) is 6.93. The number of fused-ring (bicyclic) bond motifs is 1. The average Bonchev–Trinajstić information content (AvgIpc) is 2.73. The molecule has 0 aromatic heterocycles. The Bertz CT molecular complexity index is 907. The molecule has 0 saturated heterocycles. The molecule has 152 valence electrons. The zero-order chi connectivity index (χ0) is 20.8. The summed E-state index contributed by atoms with van der Waals surface area (Å²) in [6.45, 7) is 3.67. The summed E-state index contributed by atoms with van der Waals surface area (Å²) in [4.78, 5) is 37.6. The van der Waals surface area contributed by atoms with Crippen molar-refractivity contribution in [2.45, 2.75) is 43.3 Å². The van der Waals surface area contributed by atoms with Crippen LogP contribution < -0.4 is 10.6 Å². The van der Waals surface area contributed by atoms with Gasteiger partial charge in [-0.1, -0.05) is 44.2 Å². The molecule has 0 bridgehead atoms. The lowest BCUT2D eigenvalue weighted by Crippen LogP contribution is -2.32. The van der Waals surface area contributed by atoms with E-state index in [1.54, 1.807) is 0 Å². The molecule has 6 nitrogen and oxygen atoms in total. The number of hydrogen-bond donors (Lipinski definition) is 2. The number of thioether (sulfide) groups is 1. The van der Waals surface area contributed by atoms with Gasteiger partial charge in [0.2, 0.25) is 5.91 Å². The Morgan fingerprint density at radius 1 is 1.07 bits per heavy atom. The van der Waals surface area contributed by atoms with Crippen LogP contribution in [0.5, 0.6) is 0 Å². The first-order valence-electron chi connectivity index (χ1n) is 9.64. The highest BCUT2D eigenvalue weighted by atomic mass is 32.2. The molecule has 2 N–H and O–H groups in total. The van der Waals surface area contributed by atoms with E-state index in [2.05, 4.69) is 10.6 Å². The first-order chi connectivity index (χ1) is 14.0.